The fourth-order valence-corrected chi connectivity index (χ4v) is 3.58. The second kappa shape index (κ2) is 15.4. The molecule has 0 aromatic heterocycles. The number of hydrogen-bond acceptors (Lipinski definition) is 4. The lowest BCUT2D eigenvalue weighted by Crippen LogP contribution is -2.57. The zero-order chi connectivity index (χ0) is 24.8. The molecule has 0 heterocycles. The van der Waals surface area contributed by atoms with E-state index >= 15 is 0 Å². The van der Waals surface area contributed by atoms with Crippen LogP contribution in [0.2, 0.25) is 0 Å². The van der Waals surface area contributed by atoms with Gasteiger partial charge in [0, 0.05) is 6.54 Å². The van der Waals surface area contributed by atoms with Crippen molar-refractivity contribution in [2.75, 3.05) is 6.54 Å². The summed E-state index contributed by atoms with van der Waals surface area (Å²) in [6, 6.07) is 7.89. The molecule has 0 aliphatic rings. The minimum atomic E-state index is -0.734. The van der Waals surface area contributed by atoms with Crippen LogP contribution in [-0.4, -0.2) is 42.4 Å². The summed E-state index contributed by atoms with van der Waals surface area (Å²) in [4.78, 5) is 38.6. The Morgan fingerprint density at radius 2 is 1.61 bits per heavy atom. The standard InChI is InChI=1S/C26H44N4O3/c1-6-8-14-21(27)24(31)30-23(19(5)7-2)26(33)29-22(17-18(3)4)25(32)28-16-15-20-12-10-9-11-13-20/h9-13,18-19,21-23H,6-8,14-17,27H2,1-5H3,(H,28,32)(H,29,33)(H,30,31)/t19-,21-,22-,23-/m0/s1. The van der Waals surface area contributed by atoms with Crippen molar-refractivity contribution in [1.29, 1.82) is 0 Å². The third-order valence-corrected chi connectivity index (χ3v) is 5.89. The van der Waals surface area contributed by atoms with Crippen LogP contribution in [0.25, 0.3) is 0 Å². The van der Waals surface area contributed by atoms with Crippen LogP contribution >= 0.6 is 0 Å². The van der Waals surface area contributed by atoms with Gasteiger partial charge in [0.15, 0.2) is 0 Å². The smallest absolute Gasteiger partial charge is 0.243 e. The van der Waals surface area contributed by atoms with Crippen LogP contribution in [0.4, 0.5) is 0 Å². The number of amides is 3. The molecule has 0 radical (unpaired) electrons. The zero-order valence-electron chi connectivity index (χ0n) is 21.0. The van der Waals surface area contributed by atoms with Crippen LogP contribution in [0.5, 0.6) is 0 Å². The fourth-order valence-electron chi connectivity index (χ4n) is 3.58. The molecule has 0 saturated heterocycles. The summed E-state index contributed by atoms with van der Waals surface area (Å²) in [5.41, 5.74) is 7.14. The van der Waals surface area contributed by atoms with Crippen molar-refractivity contribution in [1.82, 2.24) is 16.0 Å². The highest BCUT2D eigenvalue weighted by Gasteiger charge is 2.31. The topological polar surface area (TPSA) is 113 Å². The molecule has 1 aromatic rings. The number of nitrogens with two attached hydrogens (primary N) is 1. The summed E-state index contributed by atoms with van der Waals surface area (Å²) in [5, 5.41) is 8.67. The molecule has 1 aromatic carbocycles. The first kappa shape index (κ1) is 28.6. The Kier molecular flexibility index (Phi) is 13.4. The molecule has 1 rings (SSSR count). The molecule has 0 aliphatic carbocycles. The molecule has 0 unspecified atom stereocenters. The molecular formula is C26H44N4O3. The second-order valence-electron chi connectivity index (χ2n) is 9.34. The number of carbonyl (C=O) groups is 3. The van der Waals surface area contributed by atoms with Gasteiger partial charge in [-0.25, -0.2) is 0 Å². The number of unbranched alkanes of at least 4 members (excludes halogenated alkanes) is 1. The van der Waals surface area contributed by atoms with E-state index in [4.69, 9.17) is 5.73 Å². The monoisotopic (exact) mass is 460 g/mol. The highest BCUT2D eigenvalue weighted by Crippen LogP contribution is 2.12. The molecule has 5 N–H and O–H groups in total. The van der Waals surface area contributed by atoms with Crippen LogP contribution in [0.1, 0.15) is 72.3 Å². The van der Waals surface area contributed by atoms with Crippen molar-refractivity contribution in [3.63, 3.8) is 0 Å². The van der Waals surface area contributed by atoms with E-state index in [-0.39, 0.29) is 29.6 Å². The van der Waals surface area contributed by atoms with Crippen molar-refractivity contribution >= 4 is 17.7 Å². The van der Waals surface area contributed by atoms with E-state index in [9.17, 15) is 14.4 Å². The van der Waals surface area contributed by atoms with Gasteiger partial charge >= 0.3 is 0 Å². The fraction of sp³-hybridized carbons (Fsp3) is 0.654. The molecule has 0 fully saturated rings. The minimum absolute atomic E-state index is 0.0897. The second-order valence-corrected chi connectivity index (χ2v) is 9.34. The molecule has 0 spiro atoms. The highest BCUT2D eigenvalue weighted by molar-refractivity contribution is 5.93. The molecule has 0 aliphatic heterocycles. The lowest BCUT2D eigenvalue weighted by atomic mass is 9.96. The Labute approximate surface area is 199 Å². The lowest BCUT2D eigenvalue weighted by molar-refractivity contribution is -0.133. The van der Waals surface area contributed by atoms with Crippen LogP contribution in [0.3, 0.4) is 0 Å². The lowest BCUT2D eigenvalue weighted by Gasteiger charge is -2.28. The summed E-state index contributed by atoms with van der Waals surface area (Å²) in [7, 11) is 0. The Bertz CT molecular complexity index is 724. The first-order valence-electron chi connectivity index (χ1n) is 12.4. The summed E-state index contributed by atoms with van der Waals surface area (Å²) in [5.74, 6) is -0.745. The van der Waals surface area contributed by atoms with Gasteiger partial charge in [0.25, 0.3) is 0 Å². The number of benzene rings is 1. The predicted molar refractivity (Wildman–Crippen MR) is 133 cm³/mol. The van der Waals surface area contributed by atoms with Gasteiger partial charge in [0.05, 0.1) is 6.04 Å². The number of nitrogens with one attached hydrogen (secondary N) is 3. The van der Waals surface area contributed by atoms with Gasteiger partial charge in [-0.05, 0) is 36.7 Å². The molecule has 4 atom stereocenters. The Hall–Kier alpha value is -2.41. The third-order valence-electron chi connectivity index (χ3n) is 5.89. The highest BCUT2D eigenvalue weighted by atomic mass is 16.2. The van der Waals surface area contributed by atoms with Crippen LogP contribution in [0, 0.1) is 11.8 Å². The molecule has 7 heteroatoms. The maximum Gasteiger partial charge on any atom is 0.243 e. The maximum absolute atomic E-state index is 13.2. The first-order valence-corrected chi connectivity index (χ1v) is 12.4. The molecule has 0 bridgehead atoms. The van der Waals surface area contributed by atoms with Gasteiger partial charge in [0.1, 0.15) is 12.1 Å². The minimum Gasteiger partial charge on any atom is -0.354 e. The molecule has 33 heavy (non-hydrogen) atoms. The van der Waals surface area contributed by atoms with E-state index in [1.165, 1.54) is 0 Å². The summed E-state index contributed by atoms with van der Waals surface area (Å²) in [6.07, 6.45) is 4.33. The molecular weight excluding hydrogens is 416 g/mol. The van der Waals surface area contributed by atoms with Crippen LogP contribution in [0.15, 0.2) is 30.3 Å². The number of carbonyl (C=O) groups excluding carboxylic acids is 3. The predicted octanol–water partition coefficient (Wildman–Crippen LogP) is 2.92. The van der Waals surface area contributed by atoms with Gasteiger partial charge in [-0.15, -0.1) is 0 Å². The molecule has 3 amide bonds. The maximum atomic E-state index is 13.2. The first-order chi connectivity index (χ1) is 15.7. The van der Waals surface area contributed by atoms with Gasteiger partial charge in [-0.1, -0.05) is 84.2 Å². The van der Waals surface area contributed by atoms with Crippen molar-refractivity contribution < 1.29 is 14.4 Å². The van der Waals surface area contributed by atoms with E-state index in [0.717, 1.165) is 24.8 Å². The quantitative estimate of drug-likeness (QED) is 0.322. The largest absolute Gasteiger partial charge is 0.354 e. The van der Waals surface area contributed by atoms with Gasteiger partial charge in [-0.3, -0.25) is 14.4 Å². The van der Waals surface area contributed by atoms with Crippen LogP contribution in [-0.2, 0) is 20.8 Å². The van der Waals surface area contributed by atoms with Crippen molar-refractivity contribution in [3.8, 4) is 0 Å². The van der Waals surface area contributed by atoms with Crippen molar-refractivity contribution in [2.24, 2.45) is 17.6 Å². The number of hydrogen-bond donors (Lipinski definition) is 4. The van der Waals surface area contributed by atoms with Gasteiger partial charge in [-0.2, -0.15) is 0 Å². The van der Waals surface area contributed by atoms with E-state index in [0.29, 0.717) is 25.8 Å². The SMILES string of the molecule is CCCC[C@H](N)C(=O)N[C@H](C(=O)N[C@@H](CC(C)C)C(=O)NCCc1ccccc1)[C@@H](C)CC. The normalized spacial score (nSPS) is 14.8. The number of rotatable bonds is 15. The Morgan fingerprint density at radius 1 is 0.939 bits per heavy atom. The Morgan fingerprint density at radius 3 is 2.18 bits per heavy atom. The average molecular weight is 461 g/mol. The van der Waals surface area contributed by atoms with Crippen LogP contribution < -0.4 is 21.7 Å². The molecule has 186 valence electrons. The average Bonchev–Trinajstić information content (AvgIpc) is 2.79. The van der Waals surface area contributed by atoms with E-state index in [2.05, 4.69) is 16.0 Å². The molecule has 7 nitrogen and oxygen atoms in total. The zero-order valence-corrected chi connectivity index (χ0v) is 21.0. The van der Waals surface area contributed by atoms with Gasteiger partial charge in [0.2, 0.25) is 17.7 Å². The van der Waals surface area contributed by atoms with Crippen molar-refractivity contribution in [3.05, 3.63) is 35.9 Å². The summed E-state index contributed by atoms with van der Waals surface area (Å²) < 4.78 is 0. The third kappa shape index (κ3) is 10.8. The van der Waals surface area contributed by atoms with Crippen molar-refractivity contribution in [2.45, 2.75) is 91.3 Å². The van der Waals surface area contributed by atoms with Gasteiger partial charge < -0.3 is 21.7 Å². The van der Waals surface area contributed by atoms with E-state index in [1.54, 1.807) is 0 Å². The summed E-state index contributed by atoms with van der Waals surface area (Å²) in [6.45, 7) is 10.4. The van der Waals surface area contributed by atoms with E-state index in [1.807, 2.05) is 65.0 Å². The summed E-state index contributed by atoms with van der Waals surface area (Å²) >= 11 is 0. The molecule has 0 saturated carbocycles. The van der Waals surface area contributed by atoms with E-state index < -0.39 is 18.1 Å². The Balaban J connectivity index is 2.79.